The molecule has 5 nitrogen and oxygen atoms in total. The second-order valence-electron chi connectivity index (χ2n) is 6.96. The lowest BCUT2D eigenvalue weighted by molar-refractivity contribution is -0.122. The van der Waals surface area contributed by atoms with Crippen LogP contribution in [0.15, 0.2) is 48.5 Å². The maximum atomic E-state index is 12.5. The van der Waals surface area contributed by atoms with E-state index in [1.165, 1.54) is 0 Å². The number of para-hydroxylation sites is 2. The number of aryl methyl sites for hydroxylation is 1. The van der Waals surface area contributed by atoms with Gasteiger partial charge in [-0.25, -0.2) is 0 Å². The normalized spacial score (nSPS) is 18.3. The third-order valence-corrected chi connectivity index (χ3v) is 4.26. The molecule has 1 aliphatic carbocycles. The molecule has 0 heterocycles. The fourth-order valence-electron chi connectivity index (χ4n) is 2.88. The Bertz CT molecular complexity index is 816. The van der Waals surface area contributed by atoms with Gasteiger partial charge in [0.1, 0.15) is 5.75 Å². The largest absolute Gasteiger partial charge is 0.489 e. The fourth-order valence-corrected chi connectivity index (χ4v) is 2.88. The fraction of sp³-hybridized carbons (Fsp3) is 0.333. The third-order valence-electron chi connectivity index (χ3n) is 4.26. The molecular formula is C21H24N2O3. The van der Waals surface area contributed by atoms with E-state index in [2.05, 4.69) is 10.6 Å². The monoisotopic (exact) mass is 352 g/mol. The highest BCUT2D eigenvalue weighted by Gasteiger charge is 2.48. The zero-order valence-electron chi connectivity index (χ0n) is 15.3. The molecule has 5 heteroatoms. The minimum Gasteiger partial charge on any atom is -0.489 e. The molecule has 0 bridgehead atoms. The van der Waals surface area contributed by atoms with Crippen molar-refractivity contribution < 1.29 is 14.3 Å². The van der Waals surface area contributed by atoms with Crippen LogP contribution in [0.5, 0.6) is 5.75 Å². The lowest BCUT2D eigenvalue weighted by atomic mass is 10.2. The average Bonchev–Trinajstić information content (AvgIpc) is 3.37. The van der Waals surface area contributed by atoms with E-state index < -0.39 is 0 Å². The van der Waals surface area contributed by atoms with E-state index >= 15 is 0 Å². The molecule has 0 spiro atoms. The van der Waals surface area contributed by atoms with E-state index in [1.807, 2.05) is 63.2 Å². The summed E-state index contributed by atoms with van der Waals surface area (Å²) in [5.41, 5.74) is 2.47. The molecular weight excluding hydrogens is 328 g/mol. The maximum Gasteiger partial charge on any atom is 0.228 e. The summed E-state index contributed by atoms with van der Waals surface area (Å²) < 4.78 is 5.72. The van der Waals surface area contributed by atoms with E-state index in [0.29, 0.717) is 17.9 Å². The molecule has 1 aliphatic rings. The van der Waals surface area contributed by atoms with Gasteiger partial charge < -0.3 is 15.4 Å². The second kappa shape index (κ2) is 7.60. The number of anilines is 2. The van der Waals surface area contributed by atoms with Crippen LogP contribution < -0.4 is 15.4 Å². The highest BCUT2D eigenvalue weighted by Crippen LogP contribution is 2.41. The van der Waals surface area contributed by atoms with E-state index in [9.17, 15) is 9.59 Å². The van der Waals surface area contributed by atoms with Crippen molar-refractivity contribution in [3.05, 3.63) is 54.1 Å². The average molecular weight is 352 g/mol. The van der Waals surface area contributed by atoms with Crippen LogP contribution in [0.2, 0.25) is 0 Å². The first-order valence-corrected chi connectivity index (χ1v) is 8.88. The van der Waals surface area contributed by atoms with Gasteiger partial charge in [-0.3, -0.25) is 9.59 Å². The summed E-state index contributed by atoms with van der Waals surface area (Å²) in [6.07, 6.45) is 0.582. The van der Waals surface area contributed by atoms with Gasteiger partial charge in [-0.1, -0.05) is 24.3 Å². The number of carbonyl (C=O) groups excluding carboxylic acids is 2. The number of hydrogen-bond acceptors (Lipinski definition) is 3. The number of ether oxygens (including phenoxy) is 1. The molecule has 136 valence electrons. The van der Waals surface area contributed by atoms with Crippen LogP contribution in [-0.2, 0) is 9.59 Å². The van der Waals surface area contributed by atoms with Gasteiger partial charge in [0.15, 0.2) is 0 Å². The molecule has 0 radical (unpaired) electrons. The highest BCUT2D eigenvalue weighted by atomic mass is 16.5. The number of hydrogen-bond donors (Lipinski definition) is 2. The van der Waals surface area contributed by atoms with E-state index in [1.54, 1.807) is 6.07 Å². The molecule has 0 saturated heterocycles. The van der Waals surface area contributed by atoms with Gasteiger partial charge in [-0.15, -0.1) is 0 Å². The SMILES string of the molecule is Cc1cccc(NC(=O)C2CC2C(=O)Nc2ccccc2OC(C)C)c1. The molecule has 2 amide bonds. The number of benzene rings is 2. The molecule has 2 atom stereocenters. The summed E-state index contributed by atoms with van der Waals surface area (Å²) in [6.45, 7) is 5.84. The van der Waals surface area contributed by atoms with E-state index in [-0.39, 0.29) is 29.8 Å². The zero-order chi connectivity index (χ0) is 18.7. The summed E-state index contributed by atoms with van der Waals surface area (Å²) in [5.74, 6) is -0.200. The Morgan fingerprint density at radius 1 is 1.00 bits per heavy atom. The summed E-state index contributed by atoms with van der Waals surface area (Å²) >= 11 is 0. The molecule has 2 N–H and O–H groups in total. The molecule has 0 aliphatic heterocycles. The number of nitrogens with one attached hydrogen (secondary N) is 2. The van der Waals surface area contributed by atoms with Crippen molar-refractivity contribution in [1.82, 2.24) is 0 Å². The summed E-state index contributed by atoms with van der Waals surface area (Å²) in [6, 6.07) is 15.0. The van der Waals surface area contributed by atoms with Crippen LogP contribution in [0.4, 0.5) is 11.4 Å². The van der Waals surface area contributed by atoms with Crippen LogP contribution >= 0.6 is 0 Å². The Morgan fingerprint density at radius 3 is 2.38 bits per heavy atom. The van der Waals surface area contributed by atoms with Crippen molar-refractivity contribution in [2.45, 2.75) is 33.3 Å². The Morgan fingerprint density at radius 2 is 1.69 bits per heavy atom. The van der Waals surface area contributed by atoms with Gasteiger partial charge >= 0.3 is 0 Å². The molecule has 26 heavy (non-hydrogen) atoms. The van der Waals surface area contributed by atoms with E-state index in [0.717, 1.165) is 11.3 Å². The van der Waals surface area contributed by atoms with Crippen LogP contribution in [-0.4, -0.2) is 17.9 Å². The van der Waals surface area contributed by atoms with Crippen molar-refractivity contribution in [2.24, 2.45) is 11.8 Å². The quantitative estimate of drug-likeness (QED) is 0.826. The smallest absolute Gasteiger partial charge is 0.228 e. The van der Waals surface area contributed by atoms with Crippen LogP contribution in [0.25, 0.3) is 0 Å². The Balaban J connectivity index is 1.58. The molecule has 0 aromatic heterocycles. The number of rotatable bonds is 6. The molecule has 3 rings (SSSR count). The Hall–Kier alpha value is -2.82. The first-order chi connectivity index (χ1) is 12.4. The highest BCUT2D eigenvalue weighted by molar-refractivity contribution is 6.03. The zero-order valence-corrected chi connectivity index (χ0v) is 15.3. The summed E-state index contributed by atoms with van der Waals surface area (Å²) in [4.78, 5) is 24.8. The van der Waals surface area contributed by atoms with Crippen molar-refractivity contribution in [3.8, 4) is 5.75 Å². The molecule has 2 aromatic rings. The Kier molecular flexibility index (Phi) is 5.26. The molecule has 2 unspecified atom stereocenters. The van der Waals surface area contributed by atoms with Crippen LogP contribution in [0.3, 0.4) is 0 Å². The standard InChI is InChI=1S/C21H24N2O3/c1-13(2)26-19-10-5-4-9-18(19)23-21(25)17-12-16(17)20(24)22-15-8-6-7-14(3)11-15/h4-11,13,16-17H,12H2,1-3H3,(H,22,24)(H,23,25). The van der Waals surface area contributed by atoms with Crippen molar-refractivity contribution >= 4 is 23.2 Å². The molecule has 1 fully saturated rings. The van der Waals surface area contributed by atoms with Gasteiger partial charge in [-0.2, -0.15) is 0 Å². The number of carbonyl (C=O) groups is 2. The summed E-state index contributed by atoms with van der Waals surface area (Å²) in [5, 5.41) is 5.78. The van der Waals surface area contributed by atoms with Crippen LogP contribution in [0, 0.1) is 18.8 Å². The second-order valence-corrected chi connectivity index (χ2v) is 6.96. The maximum absolute atomic E-state index is 12.5. The summed E-state index contributed by atoms with van der Waals surface area (Å²) in [7, 11) is 0. The van der Waals surface area contributed by atoms with Gasteiger partial charge in [0.25, 0.3) is 0 Å². The van der Waals surface area contributed by atoms with Crippen molar-refractivity contribution in [2.75, 3.05) is 10.6 Å². The first kappa shape index (κ1) is 18.0. The topological polar surface area (TPSA) is 67.4 Å². The molecule has 1 saturated carbocycles. The Labute approximate surface area is 153 Å². The van der Waals surface area contributed by atoms with Gasteiger partial charge in [-0.05, 0) is 57.0 Å². The van der Waals surface area contributed by atoms with Crippen LogP contribution in [0.1, 0.15) is 25.8 Å². The van der Waals surface area contributed by atoms with Gasteiger partial charge in [0.05, 0.1) is 23.6 Å². The third kappa shape index (κ3) is 4.42. The number of amides is 2. The minimum atomic E-state index is -0.299. The van der Waals surface area contributed by atoms with Crippen molar-refractivity contribution in [1.29, 1.82) is 0 Å². The lowest BCUT2D eigenvalue weighted by Gasteiger charge is -2.14. The van der Waals surface area contributed by atoms with Gasteiger partial charge in [0, 0.05) is 5.69 Å². The predicted molar refractivity (Wildman–Crippen MR) is 102 cm³/mol. The molecule has 2 aromatic carbocycles. The van der Waals surface area contributed by atoms with Gasteiger partial charge in [0.2, 0.25) is 11.8 Å². The van der Waals surface area contributed by atoms with E-state index in [4.69, 9.17) is 4.74 Å². The minimum absolute atomic E-state index is 0.0156. The predicted octanol–water partition coefficient (Wildman–Crippen LogP) is 4.00. The van der Waals surface area contributed by atoms with Crippen molar-refractivity contribution in [3.63, 3.8) is 0 Å². The lowest BCUT2D eigenvalue weighted by Crippen LogP contribution is -2.21. The first-order valence-electron chi connectivity index (χ1n) is 8.88.